The van der Waals surface area contributed by atoms with Gasteiger partial charge in [-0.05, 0) is 24.3 Å². The van der Waals surface area contributed by atoms with Crippen molar-refractivity contribution >= 4 is 15.7 Å². The van der Waals surface area contributed by atoms with Crippen molar-refractivity contribution in [3.8, 4) is 6.07 Å². The summed E-state index contributed by atoms with van der Waals surface area (Å²) in [5.74, 6) is 0. The van der Waals surface area contributed by atoms with Crippen LogP contribution in [0.3, 0.4) is 0 Å². The highest BCUT2D eigenvalue weighted by Crippen LogP contribution is 2.34. The SMILES string of the molecule is N#Cc1ccccc1NS(=O)(=O)c1ccccc1C(F)(F)F. The molecule has 8 heteroatoms. The third kappa shape index (κ3) is 3.20. The molecule has 0 fully saturated rings. The van der Waals surface area contributed by atoms with Gasteiger partial charge in [0.2, 0.25) is 0 Å². The lowest BCUT2D eigenvalue weighted by atomic mass is 10.2. The minimum absolute atomic E-state index is 0.00978. The van der Waals surface area contributed by atoms with Gasteiger partial charge in [0.05, 0.1) is 21.7 Å². The molecule has 0 atom stereocenters. The Balaban J connectivity index is 2.52. The molecule has 0 heterocycles. The smallest absolute Gasteiger partial charge is 0.278 e. The van der Waals surface area contributed by atoms with Crippen molar-refractivity contribution in [1.82, 2.24) is 0 Å². The van der Waals surface area contributed by atoms with Crippen LogP contribution in [0.2, 0.25) is 0 Å². The van der Waals surface area contributed by atoms with Gasteiger partial charge in [0.1, 0.15) is 6.07 Å². The molecule has 2 aromatic rings. The molecule has 0 amide bonds. The van der Waals surface area contributed by atoms with E-state index < -0.39 is 26.7 Å². The van der Waals surface area contributed by atoms with E-state index in [1.54, 1.807) is 6.07 Å². The van der Waals surface area contributed by atoms with Crippen LogP contribution in [0.25, 0.3) is 0 Å². The molecule has 0 spiro atoms. The molecule has 0 bridgehead atoms. The Hall–Kier alpha value is -2.53. The summed E-state index contributed by atoms with van der Waals surface area (Å²) in [6, 6.07) is 11.2. The van der Waals surface area contributed by atoms with Gasteiger partial charge in [-0.15, -0.1) is 0 Å². The van der Waals surface area contributed by atoms with Crippen LogP contribution in [-0.4, -0.2) is 8.42 Å². The number of alkyl halides is 3. The second-order valence-electron chi connectivity index (χ2n) is 4.26. The predicted octanol–water partition coefficient (Wildman–Crippen LogP) is 3.38. The summed E-state index contributed by atoms with van der Waals surface area (Å²) in [4.78, 5) is -0.893. The Labute approximate surface area is 124 Å². The van der Waals surface area contributed by atoms with Gasteiger partial charge in [-0.1, -0.05) is 24.3 Å². The molecule has 4 nitrogen and oxygen atoms in total. The van der Waals surface area contributed by atoms with Crippen LogP contribution in [-0.2, 0) is 16.2 Å². The molecule has 0 aliphatic carbocycles. The summed E-state index contributed by atoms with van der Waals surface area (Å²) in [7, 11) is -4.48. The highest BCUT2D eigenvalue weighted by Gasteiger charge is 2.37. The van der Waals surface area contributed by atoms with Gasteiger partial charge in [0.25, 0.3) is 10.0 Å². The van der Waals surface area contributed by atoms with Crippen LogP contribution < -0.4 is 4.72 Å². The first kappa shape index (κ1) is 15.9. The van der Waals surface area contributed by atoms with Crippen LogP contribution in [0, 0.1) is 11.3 Å². The van der Waals surface area contributed by atoms with E-state index in [1.165, 1.54) is 30.3 Å². The van der Waals surface area contributed by atoms with E-state index >= 15 is 0 Å². The zero-order valence-electron chi connectivity index (χ0n) is 10.9. The minimum Gasteiger partial charge on any atom is -0.278 e. The number of hydrogen-bond donors (Lipinski definition) is 1. The Bertz CT molecular complexity index is 840. The number of benzene rings is 2. The van der Waals surface area contributed by atoms with E-state index in [2.05, 4.69) is 0 Å². The van der Waals surface area contributed by atoms with Crippen LogP contribution in [0.4, 0.5) is 18.9 Å². The van der Waals surface area contributed by atoms with Crippen LogP contribution in [0.15, 0.2) is 53.4 Å². The molecule has 114 valence electrons. The average Bonchev–Trinajstić information content (AvgIpc) is 2.46. The number of anilines is 1. The van der Waals surface area contributed by atoms with E-state index in [4.69, 9.17) is 5.26 Å². The van der Waals surface area contributed by atoms with E-state index in [-0.39, 0.29) is 11.3 Å². The molecule has 0 aromatic heterocycles. The fourth-order valence-corrected chi connectivity index (χ4v) is 3.11. The summed E-state index contributed by atoms with van der Waals surface area (Å²) in [5, 5.41) is 8.90. The Kier molecular flexibility index (Phi) is 4.10. The first-order chi connectivity index (χ1) is 10.3. The Morgan fingerprint density at radius 1 is 1.00 bits per heavy atom. The van der Waals surface area contributed by atoms with Crippen LogP contribution in [0.1, 0.15) is 11.1 Å². The largest absolute Gasteiger partial charge is 0.417 e. The number of hydrogen-bond acceptors (Lipinski definition) is 3. The van der Waals surface area contributed by atoms with Crippen molar-refractivity contribution in [2.75, 3.05) is 4.72 Å². The van der Waals surface area contributed by atoms with E-state index in [0.717, 1.165) is 12.1 Å². The molecular weight excluding hydrogens is 317 g/mol. The molecule has 0 radical (unpaired) electrons. The maximum absolute atomic E-state index is 12.9. The summed E-state index contributed by atoms with van der Waals surface area (Å²) in [6.07, 6.45) is -4.81. The predicted molar refractivity (Wildman–Crippen MR) is 73.4 cm³/mol. The van der Waals surface area contributed by atoms with Gasteiger partial charge in [-0.3, -0.25) is 4.72 Å². The average molecular weight is 326 g/mol. The summed E-state index contributed by atoms with van der Waals surface area (Å²) in [6.45, 7) is 0. The number of nitriles is 1. The van der Waals surface area contributed by atoms with Gasteiger partial charge < -0.3 is 0 Å². The highest BCUT2D eigenvalue weighted by atomic mass is 32.2. The number of nitrogens with zero attached hydrogens (tertiary/aromatic N) is 1. The fourth-order valence-electron chi connectivity index (χ4n) is 1.80. The van der Waals surface area contributed by atoms with Gasteiger partial charge in [0, 0.05) is 0 Å². The molecule has 0 aliphatic rings. The molecule has 0 unspecified atom stereocenters. The maximum atomic E-state index is 12.9. The minimum atomic E-state index is -4.81. The molecule has 0 saturated heterocycles. The van der Waals surface area contributed by atoms with Gasteiger partial charge >= 0.3 is 6.18 Å². The van der Waals surface area contributed by atoms with Crippen LogP contribution in [0.5, 0.6) is 0 Å². The van der Waals surface area contributed by atoms with Crippen LogP contribution >= 0.6 is 0 Å². The quantitative estimate of drug-likeness (QED) is 0.940. The lowest BCUT2D eigenvalue weighted by Gasteiger charge is -2.14. The van der Waals surface area contributed by atoms with Gasteiger partial charge in [0.15, 0.2) is 0 Å². The normalized spacial score (nSPS) is 11.7. The fraction of sp³-hybridized carbons (Fsp3) is 0.0714. The standard InChI is InChI=1S/C14H9F3N2O2S/c15-14(16,17)11-6-2-4-8-13(11)22(20,21)19-12-7-3-1-5-10(12)9-18/h1-8,19H. The monoisotopic (exact) mass is 326 g/mol. The molecule has 22 heavy (non-hydrogen) atoms. The van der Waals surface area contributed by atoms with Gasteiger partial charge in [-0.2, -0.15) is 18.4 Å². The Morgan fingerprint density at radius 3 is 2.23 bits per heavy atom. The Morgan fingerprint density at radius 2 is 1.59 bits per heavy atom. The second kappa shape index (κ2) is 5.69. The number of rotatable bonds is 3. The maximum Gasteiger partial charge on any atom is 0.417 e. The first-order valence-corrected chi connectivity index (χ1v) is 7.42. The molecule has 2 aromatic carbocycles. The number of nitrogens with one attached hydrogen (secondary N) is 1. The zero-order valence-corrected chi connectivity index (χ0v) is 11.7. The summed E-state index contributed by atoms with van der Waals surface area (Å²) < 4.78 is 65.2. The zero-order chi connectivity index (χ0) is 16.4. The third-order valence-corrected chi connectivity index (χ3v) is 4.20. The third-order valence-electron chi connectivity index (χ3n) is 2.77. The van der Waals surface area contributed by atoms with Crippen molar-refractivity contribution in [1.29, 1.82) is 5.26 Å². The highest BCUT2D eigenvalue weighted by molar-refractivity contribution is 7.92. The lowest BCUT2D eigenvalue weighted by molar-refractivity contribution is -0.139. The lowest BCUT2D eigenvalue weighted by Crippen LogP contribution is -2.19. The molecule has 2 rings (SSSR count). The molecule has 0 aliphatic heterocycles. The van der Waals surface area contributed by atoms with Crippen molar-refractivity contribution in [3.05, 3.63) is 59.7 Å². The number of para-hydroxylation sites is 1. The van der Waals surface area contributed by atoms with E-state index in [0.29, 0.717) is 6.07 Å². The van der Waals surface area contributed by atoms with E-state index in [9.17, 15) is 21.6 Å². The van der Waals surface area contributed by atoms with Crippen molar-refractivity contribution < 1.29 is 21.6 Å². The summed E-state index contributed by atoms with van der Waals surface area (Å²) >= 11 is 0. The molecule has 1 N–H and O–H groups in total. The van der Waals surface area contributed by atoms with Crippen molar-refractivity contribution in [3.63, 3.8) is 0 Å². The van der Waals surface area contributed by atoms with Crippen molar-refractivity contribution in [2.24, 2.45) is 0 Å². The van der Waals surface area contributed by atoms with E-state index in [1.807, 2.05) is 4.72 Å². The second-order valence-corrected chi connectivity index (χ2v) is 5.91. The number of halogens is 3. The number of sulfonamides is 1. The molecule has 0 saturated carbocycles. The molecular formula is C14H9F3N2O2S. The summed E-state index contributed by atoms with van der Waals surface area (Å²) in [5.41, 5.74) is -1.34. The topological polar surface area (TPSA) is 70.0 Å². The first-order valence-electron chi connectivity index (χ1n) is 5.94. The van der Waals surface area contributed by atoms with Gasteiger partial charge in [-0.25, -0.2) is 8.42 Å². The van der Waals surface area contributed by atoms with Crippen molar-refractivity contribution in [2.45, 2.75) is 11.1 Å².